The fourth-order valence-corrected chi connectivity index (χ4v) is 3.39. The highest BCUT2D eigenvalue weighted by molar-refractivity contribution is 5.95. The Bertz CT molecular complexity index is 655. The minimum absolute atomic E-state index is 0.183. The Labute approximate surface area is 134 Å². The standard InChI is InChI=1S/C15H21N7O/c16-14-3-13(9-1-2-11(8-23)17-4-9)21-15-12(7-20-22(14)15)10-5-18-19-6-10/h3,5-6,9,11,16-17,20-21,23H,1-2,4,7-8H2,(H,18,19)/t9-,11-/m0/s1. The number of aromatic nitrogens is 2. The Morgan fingerprint density at radius 1 is 1.39 bits per heavy atom. The summed E-state index contributed by atoms with van der Waals surface area (Å²) in [5.74, 6) is 1.69. The highest BCUT2D eigenvalue weighted by Gasteiger charge is 2.33. The molecule has 6 N–H and O–H groups in total. The average molecular weight is 315 g/mol. The number of rotatable bonds is 3. The Balaban J connectivity index is 1.58. The van der Waals surface area contributed by atoms with Gasteiger partial charge in [-0.2, -0.15) is 5.10 Å². The lowest BCUT2D eigenvalue weighted by Gasteiger charge is -2.35. The molecule has 0 amide bonds. The van der Waals surface area contributed by atoms with Crippen LogP contribution in [0, 0.1) is 11.3 Å². The molecule has 0 bridgehead atoms. The molecule has 4 heterocycles. The second-order valence-corrected chi connectivity index (χ2v) is 6.16. The zero-order valence-corrected chi connectivity index (χ0v) is 12.8. The van der Waals surface area contributed by atoms with E-state index in [1.807, 2.05) is 12.3 Å². The number of hydrogen-bond donors (Lipinski definition) is 6. The summed E-state index contributed by atoms with van der Waals surface area (Å²) in [5, 5.41) is 33.0. The van der Waals surface area contributed by atoms with Crippen molar-refractivity contribution in [2.45, 2.75) is 18.9 Å². The maximum absolute atomic E-state index is 9.24. The van der Waals surface area contributed by atoms with Crippen LogP contribution in [0.25, 0.3) is 5.57 Å². The number of hydrazine groups is 1. The molecule has 4 rings (SSSR count). The van der Waals surface area contributed by atoms with Crippen LogP contribution in [0.3, 0.4) is 0 Å². The molecule has 3 aliphatic rings. The van der Waals surface area contributed by atoms with E-state index in [0.717, 1.165) is 42.0 Å². The van der Waals surface area contributed by atoms with Gasteiger partial charge in [0.2, 0.25) is 0 Å². The maximum Gasteiger partial charge on any atom is 0.142 e. The molecule has 3 aliphatic heterocycles. The number of aliphatic hydroxyl groups excluding tert-OH is 1. The van der Waals surface area contributed by atoms with Crippen molar-refractivity contribution in [2.75, 3.05) is 19.7 Å². The molecule has 1 aromatic heterocycles. The zero-order chi connectivity index (χ0) is 15.8. The predicted molar refractivity (Wildman–Crippen MR) is 85.9 cm³/mol. The second kappa shape index (κ2) is 5.80. The number of H-pyrrole nitrogens is 1. The van der Waals surface area contributed by atoms with Crippen molar-refractivity contribution in [3.05, 3.63) is 35.6 Å². The van der Waals surface area contributed by atoms with Gasteiger partial charge in [-0.25, -0.2) is 10.4 Å². The summed E-state index contributed by atoms with van der Waals surface area (Å²) < 4.78 is 0. The maximum atomic E-state index is 9.24. The highest BCUT2D eigenvalue weighted by atomic mass is 16.3. The Kier molecular flexibility index (Phi) is 3.64. The van der Waals surface area contributed by atoms with Crippen LogP contribution in [0.2, 0.25) is 0 Å². The fraction of sp³-hybridized carbons (Fsp3) is 0.467. The van der Waals surface area contributed by atoms with Crippen LogP contribution >= 0.6 is 0 Å². The Hall–Kier alpha value is -2.16. The second-order valence-electron chi connectivity index (χ2n) is 6.16. The topological polar surface area (TPSA) is 112 Å². The van der Waals surface area contributed by atoms with E-state index in [4.69, 9.17) is 5.41 Å². The lowest BCUT2D eigenvalue weighted by molar-refractivity contribution is 0.204. The molecule has 0 saturated carbocycles. The lowest BCUT2D eigenvalue weighted by atomic mass is 9.91. The number of nitrogens with one attached hydrogen (secondary N) is 5. The van der Waals surface area contributed by atoms with Crippen LogP contribution in [0.1, 0.15) is 18.4 Å². The number of fused-ring (bicyclic) bond motifs is 1. The van der Waals surface area contributed by atoms with E-state index in [1.165, 1.54) is 0 Å². The average Bonchev–Trinajstić information content (AvgIpc) is 3.24. The quantitative estimate of drug-likeness (QED) is 0.458. The van der Waals surface area contributed by atoms with E-state index in [0.29, 0.717) is 18.3 Å². The molecule has 1 saturated heterocycles. The largest absolute Gasteiger partial charge is 0.395 e. The predicted octanol–water partition coefficient (Wildman–Crippen LogP) is -0.277. The van der Waals surface area contributed by atoms with E-state index in [2.05, 4.69) is 26.3 Å². The molecule has 23 heavy (non-hydrogen) atoms. The van der Waals surface area contributed by atoms with Gasteiger partial charge in [-0.05, 0) is 12.8 Å². The smallest absolute Gasteiger partial charge is 0.142 e. The van der Waals surface area contributed by atoms with E-state index in [9.17, 15) is 5.11 Å². The van der Waals surface area contributed by atoms with Crippen molar-refractivity contribution in [1.29, 1.82) is 5.41 Å². The summed E-state index contributed by atoms with van der Waals surface area (Å²) in [5.41, 5.74) is 6.42. The molecule has 0 radical (unpaired) electrons. The SMILES string of the molecule is N=C1C=C([C@H]2CC[C@@H](CO)NC2)NC2=C(c3cn[nH]c3)CNN12. The molecule has 8 heteroatoms. The van der Waals surface area contributed by atoms with Gasteiger partial charge in [-0.3, -0.25) is 10.5 Å². The Morgan fingerprint density at radius 2 is 2.30 bits per heavy atom. The zero-order valence-electron chi connectivity index (χ0n) is 12.8. The molecule has 1 fully saturated rings. The minimum atomic E-state index is 0.183. The first-order valence-electron chi connectivity index (χ1n) is 7.93. The summed E-state index contributed by atoms with van der Waals surface area (Å²) in [6.45, 7) is 1.67. The van der Waals surface area contributed by atoms with Crippen LogP contribution in [0.15, 0.2) is 30.0 Å². The normalized spacial score (nSPS) is 27.8. The van der Waals surface area contributed by atoms with Gasteiger partial charge in [0.05, 0.1) is 12.8 Å². The van der Waals surface area contributed by atoms with Crippen LogP contribution in [-0.4, -0.2) is 51.9 Å². The van der Waals surface area contributed by atoms with Crippen molar-refractivity contribution in [3.63, 3.8) is 0 Å². The first-order chi connectivity index (χ1) is 11.3. The van der Waals surface area contributed by atoms with Crippen LogP contribution in [0.5, 0.6) is 0 Å². The number of aliphatic hydroxyl groups is 1. The monoisotopic (exact) mass is 315 g/mol. The molecule has 0 aromatic carbocycles. The van der Waals surface area contributed by atoms with Gasteiger partial charge in [0.1, 0.15) is 11.7 Å². The molecule has 0 aliphatic carbocycles. The molecule has 8 nitrogen and oxygen atoms in total. The summed E-state index contributed by atoms with van der Waals surface area (Å²) in [4.78, 5) is 0. The summed E-state index contributed by atoms with van der Waals surface area (Å²) in [7, 11) is 0. The fourth-order valence-electron chi connectivity index (χ4n) is 3.39. The van der Waals surface area contributed by atoms with Crippen molar-refractivity contribution in [2.24, 2.45) is 5.92 Å². The number of piperidine rings is 1. The van der Waals surface area contributed by atoms with Crippen molar-refractivity contribution in [1.82, 2.24) is 31.3 Å². The third-order valence-electron chi connectivity index (χ3n) is 4.74. The first kappa shape index (κ1) is 14.4. The van der Waals surface area contributed by atoms with Gasteiger partial charge < -0.3 is 15.7 Å². The Morgan fingerprint density at radius 3 is 3.00 bits per heavy atom. The molecule has 1 aromatic rings. The summed E-state index contributed by atoms with van der Waals surface area (Å²) in [6.07, 6.45) is 7.51. The van der Waals surface area contributed by atoms with Crippen molar-refractivity contribution in [3.8, 4) is 0 Å². The van der Waals surface area contributed by atoms with Crippen molar-refractivity contribution < 1.29 is 5.11 Å². The third-order valence-corrected chi connectivity index (χ3v) is 4.74. The van der Waals surface area contributed by atoms with Gasteiger partial charge >= 0.3 is 0 Å². The third kappa shape index (κ3) is 2.54. The molecule has 0 spiro atoms. The van der Waals surface area contributed by atoms with Crippen LogP contribution in [0.4, 0.5) is 0 Å². The van der Waals surface area contributed by atoms with Crippen molar-refractivity contribution >= 4 is 11.4 Å². The van der Waals surface area contributed by atoms with E-state index >= 15 is 0 Å². The molecular formula is C15H21N7O. The molecule has 0 unspecified atom stereocenters. The summed E-state index contributed by atoms with van der Waals surface area (Å²) in [6, 6.07) is 0.195. The molecule has 122 valence electrons. The van der Waals surface area contributed by atoms with Crippen LogP contribution < -0.4 is 16.1 Å². The van der Waals surface area contributed by atoms with Crippen LogP contribution in [-0.2, 0) is 0 Å². The van der Waals surface area contributed by atoms with Gasteiger partial charge in [0.25, 0.3) is 0 Å². The lowest BCUT2D eigenvalue weighted by Crippen LogP contribution is -2.48. The minimum Gasteiger partial charge on any atom is -0.395 e. The highest BCUT2D eigenvalue weighted by Crippen LogP contribution is 2.30. The summed E-state index contributed by atoms with van der Waals surface area (Å²) >= 11 is 0. The van der Waals surface area contributed by atoms with Gasteiger partial charge in [-0.1, -0.05) is 0 Å². The van der Waals surface area contributed by atoms with Gasteiger partial charge in [-0.15, -0.1) is 0 Å². The van der Waals surface area contributed by atoms with E-state index < -0.39 is 0 Å². The number of nitrogens with zero attached hydrogens (tertiary/aromatic N) is 2. The number of amidine groups is 1. The van der Waals surface area contributed by atoms with E-state index in [-0.39, 0.29) is 12.6 Å². The van der Waals surface area contributed by atoms with Gasteiger partial charge in [0, 0.05) is 54.2 Å². The molecule has 2 atom stereocenters. The number of aromatic amines is 1. The van der Waals surface area contributed by atoms with Gasteiger partial charge in [0.15, 0.2) is 0 Å². The van der Waals surface area contributed by atoms with E-state index in [1.54, 1.807) is 11.2 Å². The first-order valence-corrected chi connectivity index (χ1v) is 7.93. The number of hydrogen-bond acceptors (Lipinski definition) is 6. The molecular weight excluding hydrogens is 294 g/mol.